The van der Waals surface area contributed by atoms with Crippen LogP contribution in [0.3, 0.4) is 0 Å². The molecule has 1 saturated heterocycles. The van der Waals surface area contributed by atoms with Gasteiger partial charge in [-0.3, -0.25) is 20.3 Å². The van der Waals surface area contributed by atoms with Gasteiger partial charge < -0.3 is 4.42 Å². The van der Waals surface area contributed by atoms with Gasteiger partial charge >= 0.3 is 0 Å². The maximum atomic E-state index is 12.8. The highest BCUT2D eigenvalue weighted by atomic mass is 32.2. The molecule has 0 amide bonds. The number of benzene rings is 1. The van der Waals surface area contributed by atoms with Crippen LogP contribution in [0, 0.1) is 15.5 Å². The minimum Gasteiger partial charge on any atom is -0.457 e. The number of carbonyl (C=O) groups is 1. The van der Waals surface area contributed by atoms with Crippen molar-refractivity contribution in [3.63, 3.8) is 0 Å². The van der Waals surface area contributed by atoms with Crippen molar-refractivity contribution in [2.24, 2.45) is 0 Å². The SMILES string of the molecule is CCc1nnc(C2C(=N)SC(=Cc3ccc(-c4ccc([N+](=O)[O-])cc4)o3)C2=O)s1. The number of Topliss-reactive ketones (excluding diaryl/α,β-unsaturated/α-hetero) is 1. The van der Waals surface area contributed by atoms with Crippen LogP contribution >= 0.6 is 23.1 Å². The topological polar surface area (TPSA) is 123 Å². The van der Waals surface area contributed by atoms with E-state index >= 15 is 0 Å². The molecular weight excluding hydrogens is 412 g/mol. The molecular formula is C19H14N4O4S2. The van der Waals surface area contributed by atoms with E-state index in [0.717, 1.165) is 23.2 Å². The van der Waals surface area contributed by atoms with E-state index in [1.807, 2.05) is 6.92 Å². The predicted octanol–water partition coefficient (Wildman–Crippen LogP) is 4.69. The summed E-state index contributed by atoms with van der Waals surface area (Å²) in [6.07, 6.45) is 2.35. The van der Waals surface area contributed by atoms with Gasteiger partial charge in [-0.1, -0.05) is 18.7 Å². The largest absolute Gasteiger partial charge is 0.457 e. The van der Waals surface area contributed by atoms with E-state index in [1.54, 1.807) is 30.3 Å². The summed E-state index contributed by atoms with van der Waals surface area (Å²) in [7, 11) is 0. The highest BCUT2D eigenvalue weighted by molar-refractivity contribution is 8.19. The molecule has 4 rings (SSSR count). The van der Waals surface area contributed by atoms with E-state index in [-0.39, 0.29) is 16.5 Å². The lowest BCUT2D eigenvalue weighted by atomic mass is 10.1. The van der Waals surface area contributed by atoms with E-state index in [0.29, 0.717) is 27.0 Å². The lowest BCUT2D eigenvalue weighted by molar-refractivity contribution is -0.384. The van der Waals surface area contributed by atoms with E-state index in [4.69, 9.17) is 9.83 Å². The fraction of sp³-hybridized carbons (Fsp3) is 0.158. The zero-order valence-corrected chi connectivity index (χ0v) is 16.8. The Balaban J connectivity index is 1.56. The highest BCUT2D eigenvalue weighted by Crippen LogP contribution is 2.41. The van der Waals surface area contributed by atoms with Gasteiger partial charge in [0.25, 0.3) is 5.69 Å². The summed E-state index contributed by atoms with van der Waals surface area (Å²) in [4.78, 5) is 23.5. The van der Waals surface area contributed by atoms with Crippen molar-refractivity contribution < 1.29 is 14.1 Å². The Labute approximate surface area is 173 Å². The second-order valence-corrected chi connectivity index (χ2v) is 8.34. The summed E-state index contributed by atoms with van der Waals surface area (Å²) < 4.78 is 5.77. The van der Waals surface area contributed by atoms with Crippen LogP contribution in [0.5, 0.6) is 0 Å². The molecule has 0 saturated carbocycles. The summed E-state index contributed by atoms with van der Waals surface area (Å²) in [5, 5.41) is 28.7. The first kappa shape index (κ1) is 19.2. The monoisotopic (exact) mass is 426 g/mol. The highest BCUT2D eigenvalue weighted by Gasteiger charge is 2.39. The first-order chi connectivity index (χ1) is 14.0. The summed E-state index contributed by atoms with van der Waals surface area (Å²) >= 11 is 2.45. The minimum atomic E-state index is -0.701. The number of ketones is 1. The van der Waals surface area contributed by atoms with Gasteiger partial charge in [-0.2, -0.15) is 0 Å². The molecule has 1 unspecified atom stereocenters. The molecule has 29 heavy (non-hydrogen) atoms. The summed E-state index contributed by atoms with van der Waals surface area (Å²) in [6.45, 7) is 1.96. The molecule has 1 atom stereocenters. The van der Waals surface area contributed by atoms with Crippen LogP contribution in [0.4, 0.5) is 5.69 Å². The quantitative estimate of drug-likeness (QED) is 0.357. The summed E-state index contributed by atoms with van der Waals surface area (Å²) in [5.74, 6) is 0.111. The van der Waals surface area contributed by atoms with Crippen LogP contribution in [0.2, 0.25) is 0 Å². The van der Waals surface area contributed by atoms with Gasteiger partial charge in [0.1, 0.15) is 27.5 Å². The molecule has 1 aromatic carbocycles. The molecule has 1 fully saturated rings. The Morgan fingerprint density at radius 1 is 1.24 bits per heavy atom. The standard InChI is InChI=1S/C19H14N4O4S2/c1-2-15-21-22-19(29-15)16-17(24)14(28-18(16)20)9-12-7-8-13(27-12)10-3-5-11(6-4-10)23(25)26/h3-9,16,20H,2H2,1H3. The molecule has 146 valence electrons. The third-order valence-corrected chi connectivity index (χ3v) is 6.41. The van der Waals surface area contributed by atoms with E-state index in [1.165, 1.54) is 23.5 Å². The van der Waals surface area contributed by atoms with Crippen LogP contribution in [-0.2, 0) is 11.2 Å². The minimum absolute atomic E-state index is 0.00283. The molecule has 0 bridgehead atoms. The molecule has 3 aromatic rings. The number of thioether (sulfide) groups is 1. The number of rotatable bonds is 5. The molecule has 3 heterocycles. The lowest BCUT2D eigenvalue weighted by Crippen LogP contribution is -2.11. The number of nitro groups is 1. The Bertz CT molecular complexity index is 1150. The first-order valence-electron chi connectivity index (χ1n) is 8.65. The van der Waals surface area contributed by atoms with Crippen molar-refractivity contribution in [2.75, 3.05) is 0 Å². The molecule has 1 N–H and O–H groups in total. The molecule has 8 nitrogen and oxygen atoms in total. The number of non-ortho nitro benzene ring substituents is 1. The number of nitrogens with one attached hydrogen (secondary N) is 1. The van der Waals surface area contributed by atoms with Crippen molar-refractivity contribution in [3.05, 3.63) is 67.2 Å². The van der Waals surface area contributed by atoms with Crippen LogP contribution in [0.1, 0.15) is 28.6 Å². The van der Waals surface area contributed by atoms with E-state index in [2.05, 4.69) is 10.2 Å². The van der Waals surface area contributed by atoms with Gasteiger partial charge in [0.2, 0.25) is 0 Å². The number of hydrogen-bond donors (Lipinski definition) is 1. The van der Waals surface area contributed by atoms with Crippen molar-refractivity contribution in [3.8, 4) is 11.3 Å². The van der Waals surface area contributed by atoms with E-state index < -0.39 is 10.8 Å². The Morgan fingerprint density at radius 3 is 2.66 bits per heavy atom. The maximum Gasteiger partial charge on any atom is 0.269 e. The second kappa shape index (κ2) is 7.72. The number of nitro benzene ring substituents is 1. The van der Waals surface area contributed by atoms with E-state index in [9.17, 15) is 14.9 Å². The molecule has 1 aliphatic heterocycles. The fourth-order valence-corrected chi connectivity index (χ4v) is 4.74. The van der Waals surface area contributed by atoms with Gasteiger partial charge in [-0.25, -0.2) is 0 Å². The second-order valence-electron chi connectivity index (χ2n) is 6.17. The van der Waals surface area contributed by atoms with Crippen LogP contribution in [0.15, 0.2) is 45.7 Å². The molecule has 2 aromatic heterocycles. The number of aromatic nitrogens is 2. The Kier molecular flexibility index (Phi) is 5.12. The summed E-state index contributed by atoms with van der Waals surface area (Å²) in [5.41, 5.74) is 0.695. The number of aryl methyl sites for hydroxylation is 1. The molecule has 10 heteroatoms. The number of allylic oxidation sites excluding steroid dienone is 1. The normalized spacial score (nSPS) is 18.0. The average molecular weight is 426 g/mol. The zero-order chi connectivity index (χ0) is 20.5. The van der Waals surface area contributed by atoms with Crippen molar-refractivity contribution in [2.45, 2.75) is 19.3 Å². The Hall–Kier alpha value is -3.11. The predicted molar refractivity (Wildman–Crippen MR) is 111 cm³/mol. The fourth-order valence-electron chi connectivity index (χ4n) is 2.80. The smallest absolute Gasteiger partial charge is 0.269 e. The van der Waals surface area contributed by atoms with Crippen molar-refractivity contribution in [1.29, 1.82) is 5.41 Å². The molecule has 0 aliphatic carbocycles. The number of carbonyl (C=O) groups excluding carboxylic acids is 1. The van der Waals surface area contributed by atoms with Gasteiger partial charge in [0, 0.05) is 17.7 Å². The van der Waals surface area contributed by atoms with Crippen LogP contribution in [-0.4, -0.2) is 25.9 Å². The van der Waals surface area contributed by atoms with Gasteiger partial charge in [0.15, 0.2) is 5.78 Å². The maximum absolute atomic E-state index is 12.8. The first-order valence-corrected chi connectivity index (χ1v) is 10.3. The molecule has 0 spiro atoms. The number of hydrogen-bond acceptors (Lipinski definition) is 9. The number of furan rings is 1. The lowest BCUT2D eigenvalue weighted by Gasteiger charge is -2.00. The number of nitrogens with zero attached hydrogens (tertiary/aromatic N) is 3. The van der Waals surface area contributed by atoms with Gasteiger partial charge in [0.05, 0.1) is 14.9 Å². The van der Waals surface area contributed by atoms with Crippen molar-refractivity contribution in [1.82, 2.24) is 10.2 Å². The average Bonchev–Trinajstić information content (AvgIpc) is 3.42. The third kappa shape index (κ3) is 3.76. The molecule has 1 aliphatic rings. The van der Waals surface area contributed by atoms with Crippen LogP contribution < -0.4 is 0 Å². The third-order valence-electron chi connectivity index (χ3n) is 4.28. The van der Waals surface area contributed by atoms with Crippen LogP contribution in [0.25, 0.3) is 17.4 Å². The van der Waals surface area contributed by atoms with Gasteiger partial charge in [-0.15, -0.1) is 21.5 Å². The summed E-state index contributed by atoms with van der Waals surface area (Å²) in [6, 6.07) is 9.48. The Morgan fingerprint density at radius 2 is 2.00 bits per heavy atom. The van der Waals surface area contributed by atoms with Gasteiger partial charge in [-0.05, 0) is 36.8 Å². The zero-order valence-electron chi connectivity index (χ0n) is 15.1. The van der Waals surface area contributed by atoms with Crippen molar-refractivity contribution >= 4 is 45.7 Å². The molecule has 0 radical (unpaired) electrons.